The Hall–Kier alpha value is -1.51. The summed E-state index contributed by atoms with van der Waals surface area (Å²) < 4.78 is 5.07. The Morgan fingerprint density at radius 1 is 1.25 bits per heavy atom. The zero-order valence-electron chi connectivity index (χ0n) is 12.8. The van der Waals surface area contributed by atoms with Crippen molar-refractivity contribution in [1.82, 2.24) is 4.90 Å². The minimum absolute atomic E-state index is 0.162. The van der Waals surface area contributed by atoms with E-state index in [1.165, 1.54) is 11.1 Å². The second kappa shape index (κ2) is 6.29. The van der Waals surface area contributed by atoms with Crippen LogP contribution in [0.1, 0.15) is 37.8 Å². The summed E-state index contributed by atoms with van der Waals surface area (Å²) in [7, 11) is 0. The second-order valence-electron chi connectivity index (χ2n) is 6.16. The molecule has 0 atom stereocenters. The van der Waals surface area contributed by atoms with E-state index in [-0.39, 0.29) is 11.5 Å². The van der Waals surface area contributed by atoms with E-state index in [0.29, 0.717) is 6.61 Å². The van der Waals surface area contributed by atoms with Crippen molar-refractivity contribution in [1.29, 1.82) is 0 Å². The monoisotopic (exact) mass is 275 g/mol. The molecule has 1 aliphatic rings. The summed E-state index contributed by atoms with van der Waals surface area (Å²) in [6, 6.07) is 8.79. The lowest BCUT2D eigenvalue weighted by atomic mass is 9.75. The number of benzene rings is 1. The van der Waals surface area contributed by atoms with Crippen LogP contribution in [0.2, 0.25) is 0 Å². The van der Waals surface area contributed by atoms with Gasteiger partial charge in [-0.25, -0.2) is 4.79 Å². The van der Waals surface area contributed by atoms with E-state index < -0.39 is 0 Å². The molecule has 1 heterocycles. The van der Waals surface area contributed by atoms with Crippen molar-refractivity contribution in [2.24, 2.45) is 5.41 Å². The molecule has 1 aromatic carbocycles. The van der Waals surface area contributed by atoms with Crippen molar-refractivity contribution < 1.29 is 9.53 Å². The number of piperidine rings is 1. The number of carbonyl (C=O) groups excluding carboxylic acids is 1. The smallest absolute Gasteiger partial charge is 0.409 e. The molecular formula is C17H25NO2. The average molecular weight is 275 g/mol. The van der Waals surface area contributed by atoms with Gasteiger partial charge in [-0.05, 0) is 44.1 Å². The lowest BCUT2D eigenvalue weighted by Crippen LogP contribution is -2.43. The normalized spacial score (nSPS) is 17.9. The van der Waals surface area contributed by atoms with Crippen LogP contribution in [0.4, 0.5) is 4.79 Å². The fourth-order valence-corrected chi connectivity index (χ4v) is 2.82. The second-order valence-corrected chi connectivity index (χ2v) is 6.16. The molecule has 1 saturated heterocycles. The van der Waals surface area contributed by atoms with Crippen molar-refractivity contribution in [2.75, 3.05) is 19.7 Å². The first-order chi connectivity index (χ1) is 9.52. The number of carbonyl (C=O) groups is 1. The average Bonchev–Trinajstić information content (AvgIpc) is 2.42. The van der Waals surface area contributed by atoms with Gasteiger partial charge in [0.15, 0.2) is 0 Å². The lowest BCUT2D eigenvalue weighted by molar-refractivity contribution is 0.0737. The number of amides is 1. The van der Waals surface area contributed by atoms with E-state index in [1.807, 2.05) is 11.8 Å². The van der Waals surface area contributed by atoms with Crippen LogP contribution < -0.4 is 0 Å². The Kier molecular flexibility index (Phi) is 4.69. The summed E-state index contributed by atoms with van der Waals surface area (Å²) in [6.45, 7) is 8.36. The molecule has 0 aromatic heterocycles. The number of nitrogens with zero attached hydrogens (tertiary/aromatic N) is 1. The van der Waals surface area contributed by atoms with Gasteiger partial charge in [-0.2, -0.15) is 0 Å². The molecule has 0 bridgehead atoms. The zero-order chi connectivity index (χ0) is 14.6. The molecule has 0 unspecified atom stereocenters. The number of hydrogen-bond acceptors (Lipinski definition) is 2. The third-order valence-electron chi connectivity index (χ3n) is 4.25. The van der Waals surface area contributed by atoms with E-state index in [9.17, 15) is 4.79 Å². The van der Waals surface area contributed by atoms with Crippen molar-refractivity contribution in [3.8, 4) is 0 Å². The third kappa shape index (κ3) is 3.75. The van der Waals surface area contributed by atoms with E-state index in [4.69, 9.17) is 4.74 Å². The number of ether oxygens (including phenoxy) is 1. The van der Waals surface area contributed by atoms with Gasteiger partial charge in [-0.1, -0.05) is 36.8 Å². The van der Waals surface area contributed by atoms with E-state index in [2.05, 4.69) is 38.1 Å². The van der Waals surface area contributed by atoms with Crippen LogP contribution in [0.15, 0.2) is 24.3 Å². The first-order valence-electron chi connectivity index (χ1n) is 7.50. The molecule has 0 spiro atoms. The Balaban J connectivity index is 1.91. The van der Waals surface area contributed by atoms with Gasteiger partial charge in [0, 0.05) is 13.1 Å². The molecule has 110 valence electrons. The topological polar surface area (TPSA) is 29.5 Å². The maximum absolute atomic E-state index is 11.7. The number of aryl methyl sites for hydroxylation is 1. The van der Waals surface area contributed by atoms with Crippen LogP contribution >= 0.6 is 0 Å². The molecule has 1 aliphatic heterocycles. The summed E-state index contributed by atoms with van der Waals surface area (Å²) in [6.07, 6.45) is 3.01. The number of hydrogen-bond donors (Lipinski definition) is 0. The Bertz CT molecular complexity index is 445. The van der Waals surface area contributed by atoms with Crippen LogP contribution in [-0.2, 0) is 11.2 Å². The highest BCUT2D eigenvalue weighted by Crippen LogP contribution is 2.34. The van der Waals surface area contributed by atoms with Gasteiger partial charge < -0.3 is 9.64 Å². The lowest BCUT2D eigenvalue weighted by Gasteiger charge is -2.39. The van der Waals surface area contributed by atoms with E-state index >= 15 is 0 Å². The van der Waals surface area contributed by atoms with Crippen molar-refractivity contribution >= 4 is 6.09 Å². The Labute approximate surface area is 121 Å². The standard InChI is InChI=1S/C17H25NO2/c1-4-20-16(19)18-11-9-17(3,10-12-18)13-15-7-5-14(2)6-8-15/h5-8H,4,9-13H2,1-3H3. The molecule has 1 aromatic rings. The van der Waals surface area contributed by atoms with Gasteiger partial charge in [-0.15, -0.1) is 0 Å². The van der Waals surface area contributed by atoms with Crippen LogP contribution in [0.5, 0.6) is 0 Å². The van der Waals surface area contributed by atoms with Gasteiger partial charge in [0.05, 0.1) is 6.61 Å². The number of likely N-dealkylation sites (tertiary alicyclic amines) is 1. The van der Waals surface area contributed by atoms with Crippen LogP contribution in [0.25, 0.3) is 0 Å². The molecule has 0 radical (unpaired) electrons. The summed E-state index contributed by atoms with van der Waals surface area (Å²) in [4.78, 5) is 13.5. The summed E-state index contributed by atoms with van der Waals surface area (Å²) in [5.41, 5.74) is 2.98. The third-order valence-corrected chi connectivity index (χ3v) is 4.25. The summed E-state index contributed by atoms with van der Waals surface area (Å²) >= 11 is 0. The minimum Gasteiger partial charge on any atom is -0.450 e. The van der Waals surface area contributed by atoms with E-state index in [0.717, 1.165) is 32.4 Å². The van der Waals surface area contributed by atoms with Crippen molar-refractivity contribution in [3.63, 3.8) is 0 Å². The molecule has 2 rings (SSSR count). The highest BCUT2D eigenvalue weighted by atomic mass is 16.6. The van der Waals surface area contributed by atoms with Gasteiger partial charge in [0.1, 0.15) is 0 Å². The quantitative estimate of drug-likeness (QED) is 0.840. The van der Waals surface area contributed by atoms with Crippen LogP contribution in [-0.4, -0.2) is 30.7 Å². The Morgan fingerprint density at radius 2 is 1.85 bits per heavy atom. The van der Waals surface area contributed by atoms with Gasteiger partial charge in [-0.3, -0.25) is 0 Å². The molecule has 0 aliphatic carbocycles. The predicted molar refractivity (Wildman–Crippen MR) is 80.8 cm³/mol. The Morgan fingerprint density at radius 3 is 2.40 bits per heavy atom. The van der Waals surface area contributed by atoms with Gasteiger partial charge >= 0.3 is 6.09 Å². The molecule has 20 heavy (non-hydrogen) atoms. The molecule has 0 N–H and O–H groups in total. The maximum Gasteiger partial charge on any atom is 0.409 e. The number of rotatable bonds is 3. The largest absolute Gasteiger partial charge is 0.450 e. The fourth-order valence-electron chi connectivity index (χ4n) is 2.82. The highest BCUT2D eigenvalue weighted by Gasteiger charge is 2.32. The fraction of sp³-hybridized carbons (Fsp3) is 0.588. The van der Waals surface area contributed by atoms with Crippen molar-refractivity contribution in [3.05, 3.63) is 35.4 Å². The highest BCUT2D eigenvalue weighted by molar-refractivity contribution is 5.67. The van der Waals surface area contributed by atoms with Gasteiger partial charge in [0.25, 0.3) is 0 Å². The molecule has 3 nitrogen and oxygen atoms in total. The SMILES string of the molecule is CCOC(=O)N1CCC(C)(Cc2ccc(C)cc2)CC1. The summed E-state index contributed by atoms with van der Waals surface area (Å²) in [5.74, 6) is 0. The molecule has 0 saturated carbocycles. The van der Waals surface area contributed by atoms with Crippen LogP contribution in [0, 0.1) is 12.3 Å². The maximum atomic E-state index is 11.7. The predicted octanol–water partition coefficient (Wildman–Crippen LogP) is 3.80. The molecular weight excluding hydrogens is 250 g/mol. The van der Waals surface area contributed by atoms with Gasteiger partial charge in [0.2, 0.25) is 0 Å². The molecule has 1 fully saturated rings. The summed E-state index contributed by atoms with van der Waals surface area (Å²) in [5, 5.41) is 0. The van der Waals surface area contributed by atoms with Crippen molar-refractivity contribution in [2.45, 2.75) is 40.0 Å². The van der Waals surface area contributed by atoms with E-state index in [1.54, 1.807) is 0 Å². The zero-order valence-corrected chi connectivity index (χ0v) is 12.8. The molecule has 3 heteroatoms. The molecule has 1 amide bonds. The first-order valence-corrected chi connectivity index (χ1v) is 7.50. The van der Waals surface area contributed by atoms with Crippen LogP contribution in [0.3, 0.4) is 0 Å². The minimum atomic E-state index is -0.162. The first kappa shape index (κ1) is 14.9.